The molecule has 1 heterocycles. The Hall–Kier alpha value is -0.570. The molecular weight excluding hydrogens is 176 g/mol. The zero-order valence-electron chi connectivity index (χ0n) is 8.91. The van der Waals surface area contributed by atoms with Crippen LogP contribution in [0.2, 0.25) is 0 Å². The van der Waals surface area contributed by atoms with E-state index >= 15 is 0 Å². The summed E-state index contributed by atoms with van der Waals surface area (Å²) in [5.74, 6) is 1.85. The molecule has 0 radical (unpaired) electrons. The zero-order chi connectivity index (χ0) is 10.1. The van der Waals surface area contributed by atoms with Crippen LogP contribution < -0.4 is 5.73 Å². The maximum Gasteiger partial charge on any atom is 0.222 e. The summed E-state index contributed by atoms with van der Waals surface area (Å²) in [6.45, 7) is 0.764. The van der Waals surface area contributed by atoms with Crippen molar-refractivity contribution < 1.29 is 4.79 Å². The maximum atomic E-state index is 11.4. The van der Waals surface area contributed by atoms with E-state index in [9.17, 15) is 4.79 Å². The van der Waals surface area contributed by atoms with E-state index in [0.717, 1.165) is 31.7 Å². The number of hydrogen-bond donors (Lipinski definition) is 1. The monoisotopic (exact) mass is 196 g/mol. The van der Waals surface area contributed by atoms with E-state index in [-0.39, 0.29) is 0 Å². The van der Waals surface area contributed by atoms with Gasteiger partial charge in [0.15, 0.2) is 0 Å². The summed E-state index contributed by atoms with van der Waals surface area (Å²) in [4.78, 5) is 13.4. The molecule has 2 atom stereocenters. The van der Waals surface area contributed by atoms with Crippen LogP contribution in [0, 0.1) is 11.8 Å². The van der Waals surface area contributed by atoms with Crippen molar-refractivity contribution in [3.8, 4) is 0 Å². The van der Waals surface area contributed by atoms with Crippen LogP contribution in [-0.4, -0.2) is 30.4 Å². The molecule has 2 unspecified atom stereocenters. The largest absolute Gasteiger partial charge is 0.342 e. The van der Waals surface area contributed by atoms with E-state index in [0.29, 0.717) is 17.9 Å². The van der Waals surface area contributed by atoms with Crippen LogP contribution in [0.4, 0.5) is 0 Å². The Morgan fingerprint density at radius 3 is 2.64 bits per heavy atom. The SMILES string of the molecule is CN1C(=O)CCC1C(CCN)C1CC1. The lowest BCUT2D eigenvalue weighted by Gasteiger charge is -2.29. The molecular formula is C11H20N2O. The van der Waals surface area contributed by atoms with Gasteiger partial charge in [0.1, 0.15) is 0 Å². The predicted octanol–water partition coefficient (Wildman–Crippen LogP) is 0.982. The van der Waals surface area contributed by atoms with E-state index < -0.39 is 0 Å². The highest BCUT2D eigenvalue weighted by molar-refractivity contribution is 5.78. The Bertz CT molecular complexity index is 225. The third-order valence-corrected chi connectivity index (χ3v) is 3.77. The van der Waals surface area contributed by atoms with Crippen LogP contribution in [0.1, 0.15) is 32.1 Å². The van der Waals surface area contributed by atoms with Gasteiger partial charge in [0, 0.05) is 19.5 Å². The van der Waals surface area contributed by atoms with Crippen LogP contribution in [-0.2, 0) is 4.79 Å². The van der Waals surface area contributed by atoms with Crippen molar-refractivity contribution in [1.29, 1.82) is 0 Å². The highest BCUT2D eigenvalue weighted by atomic mass is 16.2. The zero-order valence-corrected chi connectivity index (χ0v) is 8.91. The van der Waals surface area contributed by atoms with Gasteiger partial charge < -0.3 is 10.6 Å². The smallest absolute Gasteiger partial charge is 0.222 e. The van der Waals surface area contributed by atoms with Gasteiger partial charge in [0.05, 0.1) is 0 Å². The lowest BCUT2D eigenvalue weighted by atomic mass is 9.89. The van der Waals surface area contributed by atoms with Crippen molar-refractivity contribution in [2.75, 3.05) is 13.6 Å². The first-order valence-electron chi connectivity index (χ1n) is 5.69. The molecule has 2 fully saturated rings. The first kappa shape index (κ1) is 9.97. The summed E-state index contributed by atoms with van der Waals surface area (Å²) in [6.07, 6.45) is 5.59. The number of hydrogen-bond acceptors (Lipinski definition) is 2. The molecule has 1 amide bonds. The first-order valence-corrected chi connectivity index (χ1v) is 5.69. The molecule has 1 saturated carbocycles. The van der Waals surface area contributed by atoms with Crippen LogP contribution in [0.15, 0.2) is 0 Å². The number of nitrogens with two attached hydrogens (primary N) is 1. The normalized spacial score (nSPS) is 29.7. The Kier molecular flexibility index (Phi) is 2.77. The van der Waals surface area contributed by atoms with E-state index in [2.05, 4.69) is 0 Å². The standard InChI is InChI=1S/C11H20N2O/c1-13-10(4-5-11(13)14)9(6-7-12)8-2-3-8/h8-10H,2-7,12H2,1H3. The van der Waals surface area contributed by atoms with Crippen molar-refractivity contribution in [1.82, 2.24) is 4.90 Å². The van der Waals surface area contributed by atoms with Gasteiger partial charge in [-0.25, -0.2) is 0 Å². The number of rotatable bonds is 4. The lowest BCUT2D eigenvalue weighted by molar-refractivity contribution is -0.128. The van der Waals surface area contributed by atoms with Gasteiger partial charge in [-0.15, -0.1) is 0 Å². The predicted molar refractivity (Wildman–Crippen MR) is 55.7 cm³/mol. The Morgan fingerprint density at radius 1 is 1.50 bits per heavy atom. The summed E-state index contributed by atoms with van der Waals surface area (Å²) >= 11 is 0. The van der Waals surface area contributed by atoms with Gasteiger partial charge in [-0.1, -0.05) is 0 Å². The summed E-state index contributed by atoms with van der Waals surface area (Å²) in [5, 5.41) is 0. The quantitative estimate of drug-likeness (QED) is 0.728. The number of amides is 1. The van der Waals surface area contributed by atoms with Crippen molar-refractivity contribution >= 4 is 5.91 Å². The summed E-state index contributed by atoms with van der Waals surface area (Å²) in [6, 6.07) is 0.485. The molecule has 1 aliphatic heterocycles. The molecule has 0 bridgehead atoms. The van der Waals surface area contributed by atoms with Crippen LogP contribution in [0.5, 0.6) is 0 Å². The minimum absolute atomic E-state index is 0.317. The van der Waals surface area contributed by atoms with Crippen molar-refractivity contribution in [2.24, 2.45) is 17.6 Å². The molecule has 2 N–H and O–H groups in total. The molecule has 0 aromatic heterocycles. The first-order chi connectivity index (χ1) is 6.74. The molecule has 14 heavy (non-hydrogen) atoms. The Labute approximate surface area is 85.6 Å². The Morgan fingerprint density at radius 2 is 2.21 bits per heavy atom. The van der Waals surface area contributed by atoms with Crippen LogP contribution in [0.3, 0.4) is 0 Å². The van der Waals surface area contributed by atoms with Crippen molar-refractivity contribution in [3.63, 3.8) is 0 Å². The highest BCUT2D eigenvalue weighted by Crippen LogP contribution is 2.43. The van der Waals surface area contributed by atoms with E-state index in [4.69, 9.17) is 5.73 Å². The summed E-state index contributed by atoms with van der Waals surface area (Å²) in [7, 11) is 1.95. The van der Waals surface area contributed by atoms with Crippen LogP contribution in [0.25, 0.3) is 0 Å². The summed E-state index contributed by atoms with van der Waals surface area (Å²) < 4.78 is 0. The fourth-order valence-corrected chi connectivity index (χ4v) is 2.79. The molecule has 0 aromatic carbocycles. The fraction of sp³-hybridized carbons (Fsp3) is 0.909. The van der Waals surface area contributed by atoms with Gasteiger partial charge >= 0.3 is 0 Å². The van der Waals surface area contributed by atoms with E-state index in [1.807, 2.05) is 11.9 Å². The topological polar surface area (TPSA) is 46.3 Å². The van der Waals surface area contributed by atoms with Crippen molar-refractivity contribution in [3.05, 3.63) is 0 Å². The summed E-state index contributed by atoms with van der Waals surface area (Å²) in [5.41, 5.74) is 5.64. The lowest BCUT2D eigenvalue weighted by Crippen LogP contribution is -2.36. The minimum Gasteiger partial charge on any atom is -0.342 e. The molecule has 0 aromatic rings. The molecule has 3 heteroatoms. The van der Waals surface area contributed by atoms with Gasteiger partial charge in [-0.2, -0.15) is 0 Å². The number of likely N-dealkylation sites (tertiary alicyclic amines) is 1. The van der Waals surface area contributed by atoms with E-state index in [1.165, 1.54) is 12.8 Å². The third kappa shape index (κ3) is 1.78. The van der Waals surface area contributed by atoms with Crippen molar-refractivity contribution in [2.45, 2.75) is 38.1 Å². The van der Waals surface area contributed by atoms with Crippen LogP contribution >= 0.6 is 0 Å². The molecule has 2 rings (SSSR count). The third-order valence-electron chi connectivity index (χ3n) is 3.77. The maximum absolute atomic E-state index is 11.4. The molecule has 2 aliphatic rings. The average Bonchev–Trinajstić information content (AvgIpc) is 2.94. The molecule has 1 saturated heterocycles. The second-order valence-corrected chi connectivity index (χ2v) is 4.69. The minimum atomic E-state index is 0.317. The second-order valence-electron chi connectivity index (χ2n) is 4.69. The van der Waals surface area contributed by atoms with E-state index in [1.54, 1.807) is 0 Å². The molecule has 1 aliphatic carbocycles. The number of carbonyl (C=O) groups is 1. The molecule has 80 valence electrons. The Balaban J connectivity index is 1.99. The highest BCUT2D eigenvalue weighted by Gasteiger charge is 2.41. The van der Waals surface area contributed by atoms with Gasteiger partial charge in [0.25, 0.3) is 0 Å². The average molecular weight is 196 g/mol. The van der Waals surface area contributed by atoms with Gasteiger partial charge in [-0.3, -0.25) is 4.79 Å². The number of nitrogens with zero attached hydrogens (tertiary/aromatic N) is 1. The number of carbonyl (C=O) groups excluding carboxylic acids is 1. The fourth-order valence-electron chi connectivity index (χ4n) is 2.79. The molecule has 0 spiro atoms. The van der Waals surface area contributed by atoms with Gasteiger partial charge in [-0.05, 0) is 44.1 Å². The molecule has 3 nitrogen and oxygen atoms in total. The van der Waals surface area contributed by atoms with Gasteiger partial charge in [0.2, 0.25) is 5.91 Å². The second kappa shape index (κ2) is 3.89.